The van der Waals surface area contributed by atoms with Crippen LogP contribution in [0.3, 0.4) is 0 Å². The van der Waals surface area contributed by atoms with Crippen LogP contribution in [-0.4, -0.2) is 22.0 Å². The fourth-order valence-electron chi connectivity index (χ4n) is 2.45. The highest BCUT2D eigenvalue weighted by Crippen LogP contribution is 2.26. The topological polar surface area (TPSA) is 97.1 Å². The molecule has 0 saturated carbocycles. The van der Waals surface area contributed by atoms with Crippen molar-refractivity contribution in [1.82, 2.24) is 15.5 Å². The SMILES string of the molecule is CC(=O)NCc1ccc(-c2csc(NC(=O)c3c(C)noc3C)n2)cc1. The Morgan fingerprint density at radius 1 is 1.19 bits per heavy atom. The third-order valence-corrected chi connectivity index (χ3v) is 4.53. The van der Waals surface area contributed by atoms with Gasteiger partial charge in [-0.25, -0.2) is 4.98 Å². The molecular formula is C18H18N4O3S. The number of carbonyl (C=O) groups is 2. The number of rotatable bonds is 5. The van der Waals surface area contributed by atoms with Crippen molar-refractivity contribution in [2.45, 2.75) is 27.3 Å². The molecule has 2 aromatic heterocycles. The summed E-state index contributed by atoms with van der Waals surface area (Å²) in [7, 11) is 0. The molecule has 3 rings (SSSR count). The maximum atomic E-state index is 12.4. The van der Waals surface area contributed by atoms with Crippen LogP contribution in [-0.2, 0) is 11.3 Å². The zero-order valence-corrected chi connectivity index (χ0v) is 15.4. The Balaban J connectivity index is 1.70. The van der Waals surface area contributed by atoms with Crippen LogP contribution < -0.4 is 10.6 Å². The minimum Gasteiger partial charge on any atom is -0.361 e. The molecule has 2 amide bonds. The summed E-state index contributed by atoms with van der Waals surface area (Å²) >= 11 is 1.35. The van der Waals surface area contributed by atoms with Gasteiger partial charge in [0.1, 0.15) is 11.3 Å². The number of hydrogen-bond donors (Lipinski definition) is 2. The summed E-state index contributed by atoms with van der Waals surface area (Å²) in [4.78, 5) is 27.8. The Bertz CT molecular complexity index is 924. The first kappa shape index (κ1) is 17.8. The van der Waals surface area contributed by atoms with E-state index in [1.165, 1.54) is 18.3 Å². The fourth-order valence-corrected chi connectivity index (χ4v) is 3.17. The average molecular weight is 370 g/mol. The predicted octanol–water partition coefficient (Wildman–Crippen LogP) is 3.30. The first-order valence-electron chi connectivity index (χ1n) is 7.97. The fraction of sp³-hybridized carbons (Fsp3) is 0.222. The second kappa shape index (κ2) is 7.49. The monoisotopic (exact) mass is 370 g/mol. The molecule has 7 nitrogen and oxygen atoms in total. The molecule has 0 saturated heterocycles. The normalized spacial score (nSPS) is 10.6. The van der Waals surface area contributed by atoms with E-state index in [0.29, 0.717) is 28.7 Å². The van der Waals surface area contributed by atoms with E-state index in [1.54, 1.807) is 13.8 Å². The van der Waals surface area contributed by atoms with Crippen LogP contribution in [0.1, 0.15) is 34.3 Å². The summed E-state index contributed by atoms with van der Waals surface area (Å²) in [6.07, 6.45) is 0. The average Bonchev–Trinajstić information content (AvgIpc) is 3.20. The Hall–Kier alpha value is -3.00. The van der Waals surface area contributed by atoms with Crippen LogP contribution in [0.4, 0.5) is 5.13 Å². The van der Waals surface area contributed by atoms with Crippen LogP contribution in [0.5, 0.6) is 0 Å². The molecule has 0 atom stereocenters. The number of amides is 2. The minimum absolute atomic E-state index is 0.0627. The Kier molecular flexibility index (Phi) is 5.13. The van der Waals surface area contributed by atoms with E-state index >= 15 is 0 Å². The van der Waals surface area contributed by atoms with Crippen LogP contribution >= 0.6 is 11.3 Å². The van der Waals surface area contributed by atoms with Gasteiger partial charge in [0, 0.05) is 24.4 Å². The van der Waals surface area contributed by atoms with Crippen molar-refractivity contribution in [2.75, 3.05) is 5.32 Å². The zero-order valence-electron chi connectivity index (χ0n) is 14.6. The van der Waals surface area contributed by atoms with Gasteiger partial charge < -0.3 is 9.84 Å². The third kappa shape index (κ3) is 3.97. The van der Waals surface area contributed by atoms with E-state index in [-0.39, 0.29) is 11.8 Å². The van der Waals surface area contributed by atoms with Crippen LogP contribution in [0.2, 0.25) is 0 Å². The number of aryl methyl sites for hydroxylation is 2. The lowest BCUT2D eigenvalue weighted by Crippen LogP contribution is -2.18. The van der Waals surface area contributed by atoms with Gasteiger partial charge >= 0.3 is 0 Å². The van der Waals surface area contributed by atoms with Crippen molar-refractivity contribution in [1.29, 1.82) is 0 Å². The lowest BCUT2D eigenvalue weighted by molar-refractivity contribution is -0.119. The summed E-state index contributed by atoms with van der Waals surface area (Å²) in [5, 5.41) is 11.7. The minimum atomic E-state index is -0.284. The van der Waals surface area contributed by atoms with Crippen LogP contribution in [0.25, 0.3) is 11.3 Å². The first-order valence-corrected chi connectivity index (χ1v) is 8.85. The third-order valence-electron chi connectivity index (χ3n) is 3.78. The molecule has 0 bridgehead atoms. The van der Waals surface area contributed by atoms with Gasteiger partial charge in [-0.05, 0) is 19.4 Å². The molecule has 2 N–H and O–H groups in total. The van der Waals surface area contributed by atoms with Crippen molar-refractivity contribution in [3.63, 3.8) is 0 Å². The summed E-state index contributed by atoms with van der Waals surface area (Å²) in [5.74, 6) is 0.131. The molecule has 8 heteroatoms. The zero-order chi connectivity index (χ0) is 18.7. The molecule has 134 valence electrons. The number of hydrogen-bond acceptors (Lipinski definition) is 6. The molecule has 2 heterocycles. The van der Waals surface area contributed by atoms with Crippen LogP contribution in [0, 0.1) is 13.8 Å². The molecule has 0 fully saturated rings. The van der Waals surface area contributed by atoms with Gasteiger partial charge in [0.15, 0.2) is 5.13 Å². The van der Waals surface area contributed by atoms with Gasteiger partial charge in [0.2, 0.25) is 5.91 Å². The van der Waals surface area contributed by atoms with E-state index in [4.69, 9.17) is 4.52 Å². The van der Waals surface area contributed by atoms with Gasteiger partial charge in [0.25, 0.3) is 5.91 Å². The molecular weight excluding hydrogens is 352 g/mol. The van der Waals surface area contributed by atoms with Gasteiger partial charge in [-0.1, -0.05) is 29.4 Å². The molecule has 0 aliphatic carbocycles. The van der Waals surface area contributed by atoms with Gasteiger partial charge in [0.05, 0.1) is 11.4 Å². The maximum absolute atomic E-state index is 12.4. The highest BCUT2D eigenvalue weighted by Gasteiger charge is 2.18. The highest BCUT2D eigenvalue weighted by molar-refractivity contribution is 7.14. The second-order valence-electron chi connectivity index (χ2n) is 5.80. The van der Waals surface area contributed by atoms with Crippen molar-refractivity contribution in [3.8, 4) is 11.3 Å². The Labute approximate surface area is 154 Å². The molecule has 0 unspecified atom stereocenters. The van der Waals surface area contributed by atoms with E-state index in [2.05, 4.69) is 20.8 Å². The van der Waals surface area contributed by atoms with Gasteiger partial charge in [-0.15, -0.1) is 11.3 Å². The first-order chi connectivity index (χ1) is 12.4. The number of benzene rings is 1. The van der Waals surface area contributed by atoms with Gasteiger partial charge in [-0.2, -0.15) is 0 Å². The molecule has 0 aliphatic rings. The Morgan fingerprint density at radius 3 is 2.54 bits per heavy atom. The molecule has 1 aromatic carbocycles. The van der Waals surface area contributed by atoms with Crippen molar-refractivity contribution in [2.24, 2.45) is 0 Å². The number of anilines is 1. The van der Waals surface area contributed by atoms with E-state index in [1.807, 2.05) is 29.6 Å². The summed E-state index contributed by atoms with van der Waals surface area (Å²) in [5.41, 5.74) is 3.70. The van der Waals surface area contributed by atoms with Gasteiger partial charge in [-0.3, -0.25) is 14.9 Å². The molecule has 26 heavy (non-hydrogen) atoms. The molecule has 0 radical (unpaired) electrons. The van der Waals surface area contributed by atoms with Crippen molar-refractivity contribution in [3.05, 3.63) is 52.2 Å². The Morgan fingerprint density at radius 2 is 1.92 bits per heavy atom. The lowest BCUT2D eigenvalue weighted by atomic mass is 10.1. The summed E-state index contributed by atoms with van der Waals surface area (Å²) < 4.78 is 5.02. The number of aromatic nitrogens is 2. The summed E-state index contributed by atoms with van der Waals surface area (Å²) in [6.45, 7) is 5.40. The largest absolute Gasteiger partial charge is 0.361 e. The molecule has 0 spiro atoms. The van der Waals surface area contributed by atoms with E-state index in [0.717, 1.165) is 16.8 Å². The quantitative estimate of drug-likeness (QED) is 0.718. The lowest BCUT2D eigenvalue weighted by Gasteiger charge is -2.03. The van der Waals surface area contributed by atoms with E-state index in [9.17, 15) is 9.59 Å². The number of carbonyl (C=O) groups excluding carboxylic acids is 2. The maximum Gasteiger partial charge on any atom is 0.262 e. The smallest absolute Gasteiger partial charge is 0.262 e. The predicted molar refractivity (Wildman–Crippen MR) is 99.0 cm³/mol. The van der Waals surface area contributed by atoms with Crippen LogP contribution in [0.15, 0.2) is 34.2 Å². The standard InChI is InChI=1S/C18H18N4O3S/c1-10-16(11(2)25-22-10)17(24)21-18-20-15(9-26-18)14-6-4-13(5-7-14)8-19-12(3)23/h4-7,9H,8H2,1-3H3,(H,19,23)(H,20,21,24). The molecule has 0 aliphatic heterocycles. The summed E-state index contributed by atoms with van der Waals surface area (Å²) in [6, 6.07) is 7.75. The number of thiazole rings is 1. The second-order valence-corrected chi connectivity index (χ2v) is 6.66. The highest BCUT2D eigenvalue weighted by atomic mass is 32.1. The van der Waals surface area contributed by atoms with E-state index < -0.39 is 0 Å². The van der Waals surface area contributed by atoms with Crippen molar-refractivity contribution >= 4 is 28.3 Å². The van der Waals surface area contributed by atoms with Crippen molar-refractivity contribution < 1.29 is 14.1 Å². The molecule has 3 aromatic rings. The number of nitrogens with one attached hydrogen (secondary N) is 2. The number of nitrogens with zero attached hydrogens (tertiary/aromatic N) is 2.